The van der Waals surface area contributed by atoms with Gasteiger partial charge in [0.25, 0.3) is 11.5 Å². The second-order valence-electron chi connectivity index (χ2n) is 6.72. The minimum absolute atomic E-state index is 0.237. The van der Waals surface area contributed by atoms with E-state index in [2.05, 4.69) is 26.4 Å². The molecule has 1 saturated heterocycles. The molecule has 1 aliphatic heterocycles. The predicted molar refractivity (Wildman–Crippen MR) is 99.5 cm³/mol. The molecule has 1 aromatic carbocycles. The first-order valence-electron chi connectivity index (χ1n) is 8.80. The summed E-state index contributed by atoms with van der Waals surface area (Å²) in [5.74, 6) is -0.292. The van der Waals surface area contributed by atoms with Crippen LogP contribution in [0.3, 0.4) is 0 Å². The van der Waals surface area contributed by atoms with Gasteiger partial charge < -0.3 is 5.32 Å². The van der Waals surface area contributed by atoms with Gasteiger partial charge >= 0.3 is 0 Å². The summed E-state index contributed by atoms with van der Waals surface area (Å²) in [5, 5.41) is 5.69. The zero-order chi connectivity index (χ0) is 18.1. The Labute approximate surface area is 150 Å². The second kappa shape index (κ2) is 6.76. The van der Waals surface area contributed by atoms with E-state index in [0.29, 0.717) is 16.9 Å². The number of hydrogen-bond donors (Lipinski definition) is 2. The number of rotatable bonds is 4. The Balaban J connectivity index is 1.56. The maximum atomic E-state index is 12.7. The fraction of sp³-hybridized carbons (Fsp3) is 0.316. The molecule has 0 radical (unpaired) electrons. The molecule has 7 nitrogen and oxygen atoms in total. The van der Waals surface area contributed by atoms with Crippen molar-refractivity contribution in [1.82, 2.24) is 19.5 Å². The van der Waals surface area contributed by atoms with Gasteiger partial charge in [0.05, 0.1) is 0 Å². The third-order valence-electron chi connectivity index (χ3n) is 4.66. The summed E-state index contributed by atoms with van der Waals surface area (Å²) >= 11 is 0. The molecule has 0 atom stereocenters. The van der Waals surface area contributed by atoms with E-state index in [-0.39, 0.29) is 11.5 Å². The molecule has 134 valence electrons. The SMILES string of the molecule is Cc1cc(=O)n2[nH]cc(C(=O)Nc3cccc(CN4CCCC4)c3)c2n1. The molecule has 0 spiro atoms. The Morgan fingerprint density at radius 1 is 1.27 bits per heavy atom. The number of anilines is 1. The number of fused-ring (bicyclic) bond motifs is 1. The largest absolute Gasteiger partial charge is 0.322 e. The van der Waals surface area contributed by atoms with E-state index in [0.717, 1.165) is 25.3 Å². The number of benzene rings is 1. The quantitative estimate of drug-likeness (QED) is 0.755. The molecular weight excluding hydrogens is 330 g/mol. The molecular formula is C19H21N5O2. The standard InChI is InChI=1S/C19H21N5O2/c1-13-9-17(25)24-18(21-13)16(11-20-24)19(26)22-15-6-4-5-14(10-15)12-23-7-2-3-8-23/h4-6,9-11,20H,2-3,7-8,12H2,1H3,(H,22,26). The molecule has 7 heteroatoms. The zero-order valence-electron chi connectivity index (χ0n) is 14.7. The highest BCUT2D eigenvalue weighted by molar-refractivity contribution is 6.08. The number of hydrogen-bond acceptors (Lipinski definition) is 4. The van der Waals surface area contributed by atoms with E-state index >= 15 is 0 Å². The third kappa shape index (κ3) is 3.25. The summed E-state index contributed by atoms with van der Waals surface area (Å²) in [6, 6.07) is 9.31. The Hall–Kier alpha value is -2.93. The van der Waals surface area contributed by atoms with E-state index < -0.39 is 0 Å². The highest BCUT2D eigenvalue weighted by atomic mass is 16.2. The molecule has 4 rings (SSSR count). The molecule has 1 amide bonds. The van der Waals surface area contributed by atoms with Crippen LogP contribution in [0.5, 0.6) is 0 Å². The summed E-state index contributed by atoms with van der Waals surface area (Å²) in [7, 11) is 0. The van der Waals surface area contributed by atoms with Crippen LogP contribution in [-0.2, 0) is 6.54 Å². The predicted octanol–water partition coefficient (Wildman–Crippen LogP) is 2.18. The lowest BCUT2D eigenvalue weighted by Gasteiger charge is -2.15. The van der Waals surface area contributed by atoms with Gasteiger partial charge in [0, 0.05) is 30.2 Å². The number of H-pyrrole nitrogens is 1. The molecule has 0 unspecified atom stereocenters. The van der Waals surface area contributed by atoms with Crippen molar-refractivity contribution in [2.24, 2.45) is 0 Å². The zero-order valence-corrected chi connectivity index (χ0v) is 14.7. The molecule has 0 aliphatic carbocycles. The third-order valence-corrected chi connectivity index (χ3v) is 4.66. The van der Waals surface area contributed by atoms with Crippen LogP contribution in [0.25, 0.3) is 5.65 Å². The van der Waals surface area contributed by atoms with Gasteiger partial charge in [-0.2, -0.15) is 0 Å². The summed E-state index contributed by atoms with van der Waals surface area (Å²) in [6.07, 6.45) is 4.01. The van der Waals surface area contributed by atoms with E-state index in [1.807, 2.05) is 18.2 Å². The smallest absolute Gasteiger partial charge is 0.272 e. The van der Waals surface area contributed by atoms with Crippen LogP contribution in [0.4, 0.5) is 5.69 Å². The summed E-state index contributed by atoms with van der Waals surface area (Å²) < 4.78 is 1.27. The molecule has 2 N–H and O–H groups in total. The van der Waals surface area contributed by atoms with Gasteiger partial charge in [-0.05, 0) is 50.6 Å². The highest BCUT2D eigenvalue weighted by Crippen LogP contribution is 2.17. The number of amides is 1. The normalized spacial score (nSPS) is 14.8. The van der Waals surface area contributed by atoms with Gasteiger partial charge in [-0.1, -0.05) is 12.1 Å². The fourth-order valence-corrected chi connectivity index (χ4v) is 3.41. The molecule has 26 heavy (non-hydrogen) atoms. The molecule has 3 aromatic rings. The van der Waals surface area contributed by atoms with Gasteiger partial charge in [0.2, 0.25) is 0 Å². The number of aromatic nitrogens is 3. The number of likely N-dealkylation sites (tertiary alicyclic amines) is 1. The number of carbonyl (C=O) groups excluding carboxylic acids is 1. The fourth-order valence-electron chi connectivity index (χ4n) is 3.41. The average Bonchev–Trinajstić information content (AvgIpc) is 3.24. The molecule has 3 heterocycles. The average molecular weight is 351 g/mol. The lowest BCUT2D eigenvalue weighted by molar-refractivity contribution is 0.102. The van der Waals surface area contributed by atoms with Gasteiger partial charge in [-0.25, -0.2) is 9.50 Å². The molecule has 2 aromatic heterocycles. The maximum absolute atomic E-state index is 12.7. The van der Waals surface area contributed by atoms with Crippen molar-refractivity contribution in [1.29, 1.82) is 0 Å². The highest BCUT2D eigenvalue weighted by Gasteiger charge is 2.16. The number of aryl methyl sites for hydroxylation is 1. The van der Waals surface area contributed by atoms with Crippen LogP contribution in [0.2, 0.25) is 0 Å². The van der Waals surface area contributed by atoms with Crippen LogP contribution < -0.4 is 10.9 Å². The molecule has 0 bridgehead atoms. The Kier molecular flexibility index (Phi) is 4.30. The number of nitrogens with zero attached hydrogens (tertiary/aromatic N) is 3. The summed E-state index contributed by atoms with van der Waals surface area (Å²) in [4.78, 5) is 31.4. The van der Waals surface area contributed by atoms with Crippen LogP contribution >= 0.6 is 0 Å². The van der Waals surface area contributed by atoms with Crippen molar-refractivity contribution in [3.05, 3.63) is 63.7 Å². The minimum Gasteiger partial charge on any atom is -0.322 e. The van der Waals surface area contributed by atoms with Crippen molar-refractivity contribution in [3.8, 4) is 0 Å². The van der Waals surface area contributed by atoms with E-state index in [9.17, 15) is 9.59 Å². The molecule has 1 fully saturated rings. The van der Waals surface area contributed by atoms with E-state index in [1.165, 1.54) is 35.2 Å². The van der Waals surface area contributed by atoms with Gasteiger partial charge in [0.1, 0.15) is 5.56 Å². The van der Waals surface area contributed by atoms with Crippen LogP contribution in [0.15, 0.2) is 41.3 Å². The van der Waals surface area contributed by atoms with Crippen molar-refractivity contribution in [3.63, 3.8) is 0 Å². The number of nitrogens with one attached hydrogen (secondary N) is 2. The van der Waals surface area contributed by atoms with Crippen molar-refractivity contribution < 1.29 is 4.79 Å². The monoisotopic (exact) mass is 351 g/mol. The topological polar surface area (TPSA) is 82.5 Å². The van der Waals surface area contributed by atoms with E-state index in [1.54, 1.807) is 6.92 Å². The second-order valence-corrected chi connectivity index (χ2v) is 6.72. The number of aromatic amines is 1. The first-order valence-corrected chi connectivity index (χ1v) is 8.80. The van der Waals surface area contributed by atoms with Gasteiger partial charge in [-0.15, -0.1) is 0 Å². The maximum Gasteiger partial charge on any atom is 0.272 e. The van der Waals surface area contributed by atoms with Crippen LogP contribution in [0.1, 0.15) is 34.5 Å². The molecule has 1 aliphatic rings. The molecule has 0 saturated carbocycles. The summed E-state index contributed by atoms with van der Waals surface area (Å²) in [5.41, 5.74) is 2.93. The Bertz CT molecular complexity index is 1010. The first kappa shape index (κ1) is 16.5. The first-order chi connectivity index (χ1) is 12.6. The van der Waals surface area contributed by atoms with Crippen molar-refractivity contribution in [2.45, 2.75) is 26.3 Å². The van der Waals surface area contributed by atoms with Gasteiger partial charge in [-0.3, -0.25) is 19.6 Å². The summed E-state index contributed by atoms with van der Waals surface area (Å²) in [6.45, 7) is 4.89. The van der Waals surface area contributed by atoms with Gasteiger partial charge in [0.15, 0.2) is 5.65 Å². The Morgan fingerprint density at radius 3 is 2.88 bits per heavy atom. The lowest BCUT2D eigenvalue weighted by atomic mass is 10.2. The van der Waals surface area contributed by atoms with Crippen molar-refractivity contribution in [2.75, 3.05) is 18.4 Å². The van der Waals surface area contributed by atoms with Crippen LogP contribution in [0, 0.1) is 6.92 Å². The van der Waals surface area contributed by atoms with Crippen LogP contribution in [-0.4, -0.2) is 38.5 Å². The Morgan fingerprint density at radius 2 is 2.08 bits per heavy atom. The van der Waals surface area contributed by atoms with Crippen molar-refractivity contribution >= 4 is 17.2 Å². The minimum atomic E-state index is -0.292. The van der Waals surface area contributed by atoms with E-state index in [4.69, 9.17) is 0 Å². The lowest BCUT2D eigenvalue weighted by Crippen LogP contribution is -2.19. The number of carbonyl (C=O) groups is 1.